The van der Waals surface area contributed by atoms with E-state index in [1.54, 1.807) is 37.4 Å². The number of anilines is 1. The molecule has 0 amide bonds. The average molecular weight is 493 g/mol. The van der Waals surface area contributed by atoms with Crippen LogP contribution in [-0.4, -0.2) is 14.5 Å². The Balaban J connectivity index is 1.84. The van der Waals surface area contributed by atoms with Gasteiger partial charge in [-0.3, -0.25) is 4.57 Å². The second kappa shape index (κ2) is 9.03. The van der Waals surface area contributed by atoms with Gasteiger partial charge < -0.3 is 5.32 Å². The van der Waals surface area contributed by atoms with Gasteiger partial charge in [0, 0.05) is 40.0 Å². The smallest absolute Gasteiger partial charge is 0.350 e. The van der Waals surface area contributed by atoms with Crippen molar-refractivity contribution in [2.75, 3.05) is 5.32 Å². The summed E-state index contributed by atoms with van der Waals surface area (Å²) in [5.74, 6) is -0.875. The Morgan fingerprint density at radius 3 is 2.55 bits per heavy atom. The summed E-state index contributed by atoms with van der Waals surface area (Å²) in [5.41, 5.74) is 0.320. The molecule has 0 aliphatic heterocycles. The molecule has 10 heteroatoms. The zero-order valence-corrected chi connectivity index (χ0v) is 18.9. The van der Waals surface area contributed by atoms with Gasteiger partial charge in [0.1, 0.15) is 17.3 Å². The van der Waals surface area contributed by atoms with Crippen LogP contribution in [0.15, 0.2) is 53.5 Å². The first-order valence-electron chi connectivity index (χ1n) is 9.82. The molecule has 4 rings (SSSR count). The van der Waals surface area contributed by atoms with Crippen LogP contribution >= 0.6 is 23.2 Å². The number of alkyl halides is 2. The first-order chi connectivity index (χ1) is 15.7. The number of aromatic nitrogens is 3. The molecule has 4 aromatic rings. The fourth-order valence-corrected chi connectivity index (χ4v) is 3.95. The van der Waals surface area contributed by atoms with E-state index in [0.717, 1.165) is 6.07 Å². The Bertz CT molecular complexity index is 1430. The number of nitrogens with one attached hydrogen (secondary N) is 1. The Labute approximate surface area is 196 Å². The number of nitrogens with zero attached hydrogens (tertiary/aromatic N) is 3. The second-order valence-electron chi connectivity index (χ2n) is 7.44. The minimum Gasteiger partial charge on any atom is -0.363 e. The molecule has 0 fully saturated rings. The topological polar surface area (TPSA) is 59.8 Å². The van der Waals surface area contributed by atoms with Crippen molar-refractivity contribution in [1.29, 1.82) is 0 Å². The average Bonchev–Trinajstić information content (AvgIpc) is 2.78. The summed E-state index contributed by atoms with van der Waals surface area (Å²) in [6, 6.07) is 9.74. The normalized spacial score (nSPS) is 12.4. The summed E-state index contributed by atoms with van der Waals surface area (Å²) in [6.07, 6.45) is -1.40. The van der Waals surface area contributed by atoms with Gasteiger partial charge in [-0.1, -0.05) is 41.4 Å². The third kappa shape index (κ3) is 4.41. The molecule has 5 nitrogen and oxygen atoms in total. The Morgan fingerprint density at radius 2 is 1.82 bits per heavy atom. The lowest BCUT2D eigenvalue weighted by Crippen LogP contribution is -2.23. The minimum absolute atomic E-state index is 0.0189. The summed E-state index contributed by atoms with van der Waals surface area (Å²) in [7, 11) is 1.52. The quantitative estimate of drug-likeness (QED) is 0.343. The van der Waals surface area contributed by atoms with Crippen molar-refractivity contribution in [3.63, 3.8) is 0 Å². The number of halogens is 5. The molecule has 0 saturated carbocycles. The highest BCUT2D eigenvalue weighted by Crippen LogP contribution is 2.34. The predicted octanol–water partition coefficient (Wildman–Crippen LogP) is 6.55. The van der Waals surface area contributed by atoms with Crippen LogP contribution in [0.1, 0.15) is 30.5 Å². The molecule has 0 spiro atoms. The van der Waals surface area contributed by atoms with Gasteiger partial charge in [0.05, 0.1) is 17.0 Å². The van der Waals surface area contributed by atoms with E-state index in [2.05, 4.69) is 15.3 Å². The van der Waals surface area contributed by atoms with E-state index in [0.29, 0.717) is 32.2 Å². The van der Waals surface area contributed by atoms with E-state index >= 15 is 0 Å². The third-order valence-corrected chi connectivity index (χ3v) is 5.85. The van der Waals surface area contributed by atoms with Crippen molar-refractivity contribution >= 4 is 40.1 Å². The van der Waals surface area contributed by atoms with Crippen LogP contribution in [0.4, 0.5) is 19.0 Å². The van der Waals surface area contributed by atoms with Crippen LogP contribution in [0.25, 0.3) is 22.2 Å². The second-order valence-corrected chi connectivity index (χ2v) is 8.28. The van der Waals surface area contributed by atoms with Gasteiger partial charge in [0.25, 0.3) is 6.43 Å². The van der Waals surface area contributed by atoms with Crippen LogP contribution in [0.5, 0.6) is 0 Å². The molecule has 0 radical (unpaired) electrons. The first-order valence-corrected chi connectivity index (χ1v) is 10.6. The van der Waals surface area contributed by atoms with Gasteiger partial charge in [-0.2, -0.15) is 4.98 Å². The number of hydrogen-bond donors (Lipinski definition) is 1. The summed E-state index contributed by atoms with van der Waals surface area (Å²) < 4.78 is 42.2. The van der Waals surface area contributed by atoms with E-state index in [1.807, 2.05) is 0 Å². The van der Waals surface area contributed by atoms with Crippen LogP contribution < -0.4 is 11.0 Å². The van der Waals surface area contributed by atoms with Crippen LogP contribution in [0, 0.1) is 5.82 Å². The highest BCUT2D eigenvalue weighted by molar-refractivity contribution is 6.35. The lowest BCUT2D eigenvalue weighted by molar-refractivity contribution is 0.146. The molecule has 0 bridgehead atoms. The van der Waals surface area contributed by atoms with Crippen molar-refractivity contribution in [2.45, 2.75) is 19.4 Å². The highest BCUT2D eigenvalue weighted by Gasteiger charge is 2.21. The minimum atomic E-state index is -2.95. The van der Waals surface area contributed by atoms with Crippen LogP contribution in [0.2, 0.25) is 10.0 Å². The van der Waals surface area contributed by atoms with Gasteiger partial charge in [0.15, 0.2) is 0 Å². The molecule has 0 saturated heterocycles. The summed E-state index contributed by atoms with van der Waals surface area (Å²) in [6.45, 7) is 1.59. The Hall–Kier alpha value is -3.10. The maximum absolute atomic E-state index is 14.7. The van der Waals surface area contributed by atoms with Crippen LogP contribution in [-0.2, 0) is 7.05 Å². The van der Waals surface area contributed by atoms with E-state index < -0.39 is 29.5 Å². The number of aryl methyl sites for hydroxylation is 1. The fraction of sp³-hybridized carbons (Fsp3) is 0.174. The third-order valence-electron chi connectivity index (χ3n) is 5.29. The molecular weight excluding hydrogens is 476 g/mol. The fourth-order valence-electron chi connectivity index (χ4n) is 3.55. The zero-order chi connectivity index (χ0) is 23.9. The van der Waals surface area contributed by atoms with E-state index in [1.165, 1.54) is 23.7 Å². The van der Waals surface area contributed by atoms with Crippen molar-refractivity contribution in [1.82, 2.24) is 14.5 Å². The molecule has 33 heavy (non-hydrogen) atoms. The molecule has 0 aliphatic rings. The monoisotopic (exact) mass is 492 g/mol. The van der Waals surface area contributed by atoms with Gasteiger partial charge >= 0.3 is 5.69 Å². The van der Waals surface area contributed by atoms with Crippen molar-refractivity contribution in [3.05, 3.63) is 86.1 Å². The number of fused-ring (bicyclic) bond motifs is 1. The van der Waals surface area contributed by atoms with Crippen LogP contribution in [0.3, 0.4) is 0 Å². The first kappa shape index (κ1) is 23.1. The van der Waals surface area contributed by atoms with E-state index in [9.17, 15) is 18.0 Å². The van der Waals surface area contributed by atoms with E-state index in [-0.39, 0.29) is 11.4 Å². The number of rotatable bonds is 5. The summed E-state index contributed by atoms with van der Waals surface area (Å²) >= 11 is 12.4. The molecule has 2 heterocycles. The highest BCUT2D eigenvalue weighted by atomic mass is 35.5. The maximum Gasteiger partial charge on any atom is 0.350 e. The van der Waals surface area contributed by atoms with Gasteiger partial charge in [-0.05, 0) is 31.2 Å². The molecular formula is C23H17Cl2F3N4O. The van der Waals surface area contributed by atoms with Gasteiger partial charge in [0.2, 0.25) is 0 Å². The standard InChI is InChI=1S/C23H17Cl2F3N4O/c1-11(14-4-3-5-15(19(14)26)20(27)28)30-21-17-8-12(16-9-13(24)6-7-18(16)25)10-29-22(17)32(2)23(33)31-21/h3-11,20H,1-2H3,(H,30,31,33)/t11-/m1/s1. The predicted molar refractivity (Wildman–Crippen MR) is 124 cm³/mol. The summed E-state index contributed by atoms with van der Waals surface area (Å²) in [5, 5.41) is 4.37. The largest absolute Gasteiger partial charge is 0.363 e. The Kier molecular flexibility index (Phi) is 6.32. The molecule has 0 aliphatic carbocycles. The number of hydrogen-bond acceptors (Lipinski definition) is 4. The maximum atomic E-state index is 14.7. The molecule has 1 N–H and O–H groups in total. The molecule has 2 aromatic carbocycles. The van der Waals surface area contributed by atoms with Gasteiger partial charge in [-0.15, -0.1) is 0 Å². The summed E-state index contributed by atoms with van der Waals surface area (Å²) in [4.78, 5) is 20.8. The lowest BCUT2D eigenvalue weighted by Gasteiger charge is -2.19. The molecule has 1 atom stereocenters. The Morgan fingerprint density at radius 1 is 1.09 bits per heavy atom. The van der Waals surface area contributed by atoms with Crippen molar-refractivity contribution in [2.24, 2.45) is 7.05 Å². The van der Waals surface area contributed by atoms with E-state index in [4.69, 9.17) is 23.2 Å². The molecule has 170 valence electrons. The van der Waals surface area contributed by atoms with Gasteiger partial charge in [-0.25, -0.2) is 22.9 Å². The zero-order valence-electron chi connectivity index (χ0n) is 17.4. The number of pyridine rings is 1. The molecule has 2 aromatic heterocycles. The van der Waals surface area contributed by atoms with Crippen molar-refractivity contribution < 1.29 is 13.2 Å². The molecule has 0 unspecified atom stereocenters. The SMILES string of the molecule is C[C@@H](Nc1nc(=O)n(C)c2ncc(-c3cc(Cl)ccc3Cl)cc12)c1cccc(C(F)F)c1F. The number of benzene rings is 2. The lowest BCUT2D eigenvalue weighted by atomic mass is 10.0. The van der Waals surface area contributed by atoms with Crippen molar-refractivity contribution in [3.8, 4) is 11.1 Å².